The molecule has 3 heteroatoms. The molecule has 0 atom stereocenters. The first kappa shape index (κ1) is 7.02. The van der Waals surface area contributed by atoms with Gasteiger partial charge in [0.15, 0.2) is 0 Å². The normalized spacial score (nSPS) is 6.86. The van der Waals surface area contributed by atoms with E-state index in [4.69, 9.17) is 0 Å². The summed E-state index contributed by atoms with van der Waals surface area (Å²) in [5.74, 6) is 0. The van der Waals surface area contributed by atoms with Crippen molar-refractivity contribution in [1.82, 2.24) is 9.97 Å². The molecule has 0 fully saturated rings. The van der Waals surface area contributed by atoms with Crippen molar-refractivity contribution >= 4 is 0 Å². The molecule has 1 aromatic rings. The Hall–Kier alpha value is 0.0151. The topological polar surface area (TPSA) is 25.8 Å². The Morgan fingerprint density at radius 2 is 1.57 bits per heavy atom. The summed E-state index contributed by atoms with van der Waals surface area (Å²) in [4.78, 5) is 7.35. The molecule has 0 spiro atoms. The van der Waals surface area contributed by atoms with Crippen molar-refractivity contribution in [2.45, 2.75) is 0 Å². The van der Waals surface area contributed by atoms with E-state index in [1.807, 2.05) is 0 Å². The van der Waals surface area contributed by atoms with Crippen LogP contribution in [0.2, 0.25) is 0 Å². The van der Waals surface area contributed by atoms with Gasteiger partial charge in [0.1, 0.15) is 6.33 Å². The number of hydrogen-bond acceptors (Lipinski definition) is 2. The fraction of sp³-hybridized carbons (Fsp3) is 0. The number of nitrogens with zero attached hydrogens (tertiary/aromatic N) is 2. The summed E-state index contributed by atoms with van der Waals surface area (Å²) < 4.78 is 0. The van der Waals surface area contributed by atoms with Crippen molar-refractivity contribution in [3.05, 3.63) is 24.8 Å². The summed E-state index contributed by atoms with van der Waals surface area (Å²) in [5, 5.41) is 0. The molecule has 0 unspecified atom stereocenters. The van der Waals surface area contributed by atoms with E-state index in [1.54, 1.807) is 18.5 Å². The van der Waals surface area contributed by atoms with Gasteiger partial charge in [-0.3, -0.25) is 0 Å². The molecule has 1 aromatic heterocycles. The van der Waals surface area contributed by atoms with Crippen molar-refractivity contribution in [3.63, 3.8) is 0 Å². The first-order valence-electron chi connectivity index (χ1n) is 1.70. The van der Waals surface area contributed by atoms with Gasteiger partial charge < -0.3 is 0 Å². The summed E-state index contributed by atoms with van der Waals surface area (Å²) >= 11 is 0. The second kappa shape index (κ2) is 4.18. The molecule has 0 radical (unpaired) electrons. The Morgan fingerprint density at radius 1 is 1.00 bits per heavy atom. The van der Waals surface area contributed by atoms with Gasteiger partial charge >= 0.3 is 0 Å². The molecule has 0 aliphatic carbocycles. The summed E-state index contributed by atoms with van der Waals surface area (Å²) in [5.41, 5.74) is 0. The summed E-state index contributed by atoms with van der Waals surface area (Å²) in [6, 6.07) is 1.78. The molecular formula is C4H4HgN2. The van der Waals surface area contributed by atoms with E-state index in [0.29, 0.717) is 0 Å². The summed E-state index contributed by atoms with van der Waals surface area (Å²) in [6.07, 6.45) is 4.88. The second-order valence-electron chi connectivity index (χ2n) is 0.904. The fourth-order valence-electron chi connectivity index (χ4n) is 0.253. The van der Waals surface area contributed by atoms with Crippen LogP contribution in [0.1, 0.15) is 0 Å². The van der Waals surface area contributed by atoms with Gasteiger partial charge in [0.05, 0.1) is 0 Å². The molecular weight excluding hydrogens is 277 g/mol. The Bertz CT molecular complexity index is 81.6. The minimum Gasteiger partial charge on any atom is -0.245 e. The van der Waals surface area contributed by atoms with Crippen LogP contribution in [0.25, 0.3) is 0 Å². The molecule has 0 saturated heterocycles. The zero-order valence-electron chi connectivity index (χ0n) is 3.91. The van der Waals surface area contributed by atoms with Crippen molar-refractivity contribution in [2.24, 2.45) is 0 Å². The minimum absolute atomic E-state index is 0. The van der Waals surface area contributed by atoms with Gasteiger partial charge in [-0.25, -0.2) is 9.97 Å². The second-order valence-corrected chi connectivity index (χ2v) is 0.904. The van der Waals surface area contributed by atoms with Gasteiger partial charge in [0.2, 0.25) is 0 Å². The Kier molecular flexibility index (Phi) is 4.19. The molecule has 0 aromatic carbocycles. The monoisotopic (exact) mass is 282 g/mol. The molecule has 0 aliphatic rings. The average molecular weight is 281 g/mol. The van der Waals surface area contributed by atoms with Gasteiger partial charge in [0, 0.05) is 40.1 Å². The maximum Gasteiger partial charge on any atom is 0.115 e. The molecule has 1 rings (SSSR count). The van der Waals surface area contributed by atoms with Crippen LogP contribution in [0.5, 0.6) is 0 Å². The smallest absolute Gasteiger partial charge is 0.115 e. The minimum atomic E-state index is 0. The van der Waals surface area contributed by atoms with Crippen LogP contribution in [0, 0.1) is 0 Å². The fourth-order valence-corrected chi connectivity index (χ4v) is 0.253. The largest absolute Gasteiger partial charge is 0.245 e. The van der Waals surface area contributed by atoms with Crippen molar-refractivity contribution in [1.29, 1.82) is 0 Å². The number of hydrogen-bond donors (Lipinski definition) is 0. The van der Waals surface area contributed by atoms with Crippen LogP contribution in [0.4, 0.5) is 0 Å². The van der Waals surface area contributed by atoms with Crippen molar-refractivity contribution in [2.75, 3.05) is 0 Å². The standard InChI is InChI=1S/C4H4N2.Hg/c1-2-5-4-6-3-1;/h1-4H;. The summed E-state index contributed by atoms with van der Waals surface area (Å²) in [7, 11) is 0. The van der Waals surface area contributed by atoms with E-state index in [0.717, 1.165) is 0 Å². The molecule has 0 amide bonds. The predicted octanol–water partition coefficient (Wildman–Crippen LogP) is 0.474. The van der Waals surface area contributed by atoms with Gasteiger partial charge in [-0.1, -0.05) is 0 Å². The van der Waals surface area contributed by atoms with Gasteiger partial charge in [0.25, 0.3) is 0 Å². The zero-order valence-corrected chi connectivity index (χ0v) is 9.41. The van der Waals surface area contributed by atoms with E-state index in [-0.39, 0.29) is 27.7 Å². The van der Waals surface area contributed by atoms with E-state index >= 15 is 0 Å². The molecule has 32 valence electrons. The van der Waals surface area contributed by atoms with Crippen LogP contribution < -0.4 is 0 Å². The molecule has 1 heterocycles. The summed E-state index contributed by atoms with van der Waals surface area (Å²) in [6.45, 7) is 0. The molecule has 0 N–H and O–H groups in total. The maximum absolute atomic E-state index is 3.67. The van der Waals surface area contributed by atoms with Crippen LogP contribution in [0.15, 0.2) is 24.8 Å². The van der Waals surface area contributed by atoms with E-state index in [9.17, 15) is 0 Å². The Morgan fingerprint density at radius 3 is 1.71 bits per heavy atom. The Labute approximate surface area is 62.5 Å². The molecule has 0 bridgehead atoms. The van der Waals surface area contributed by atoms with Crippen LogP contribution >= 0.6 is 0 Å². The van der Waals surface area contributed by atoms with Gasteiger partial charge in [-0.2, -0.15) is 0 Å². The average Bonchev–Trinajstić information content (AvgIpc) is 1.72. The third kappa shape index (κ3) is 2.68. The van der Waals surface area contributed by atoms with E-state index < -0.39 is 0 Å². The maximum atomic E-state index is 3.67. The number of rotatable bonds is 0. The van der Waals surface area contributed by atoms with Gasteiger partial charge in [-0.15, -0.1) is 0 Å². The third-order valence-electron chi connectivity index (χ3n) is 0.478. The van der Waals surface area contributed by atoms with E-state index in [2.05, 4.69) is 9.97 Å². The molecule has 2 nitrogen and oxygen atoms in total. The SMILES string of the molecule is [Hg].c1cncnc1. The van der Waals surface area contributed by atoms with Gasteiger partial charge in [-0.05, 0) is 6.07 Å². The van der Waals surface area contributed by atoms with Crippen LogP contribution in [-0.4, -0.2) is 9.97 Å². The van der Waals surface area contributed by atoms with Crippen molar-refractivity contribution < 1.29 is 27.7 Å². The van der Waals surface area contributed by atoms with Crippen LogP contribution in [0.3, 0.4) is 0 Å². The first-order valence-corrected chi connectivity index (χ1v) is 1.70. The van der Waals surface area contributed by atoms with Crippen LogP contribution in [-0.2, 0) is 27.7 Å². The molecule has 7 heavy (non-hydrogen) atoms. The Balaban J connectivity index is 0.000000360. The van der Waals surface area contributed by atoms with Crippen molar-refractivity contribution in [3.8, 4) is 0 Å². The molecule has 0 aliphatic heterocycles. The third-order valence-corrected chi connectivity index (χ3v) is 0.478. The predicted molar refractivity (Wildman–Crippen MR) is 22.0 cm³/mol. The first-order chi connectivity index (χ1) is 3.00. The molecule has 0 saturated carbocycles. The quantitative estimate of drug-likeness (QED) is 0.646. The van der Waals surface area contributed by atoms with E-state index in [1.165, 1.54) is 6.33 Å². The number of aromatic nitrogens is 2. The zero-order chi connectivity index (χ0) is 4.24.